The van der Waals surface area contributed by atoms with Gasteiger partial charge in [0.15, 0.2) is 0 Å². The molecule has 0 fully saturated rings. The van der Waals surface area contributed by atoms with Crippen molar-refractivity contribution in [1.82, 2.24) is 0 Å². The Kier molecular flexibility index (Phi) is 4.16. The molecule has 0 spiro atoms. The average Bonchev–Trinajstić information content (AvgIpc) is 2.05. The number of halogens is 2. The first-order valence-electron chi connectivity index (χ1n) is 3.89. The summed E-state index contributed by atoms with van der Waals surface area (Å²) >= 11 is 0. The van der Waals surface area contributed by atoms with Gasteiger partial charge in [-0.3, -0.25) is 0 Å². The molecule has 0 aromatic heterocycles. The first-order chi connectivity index (χ1) is 5.93. The van der Waals surface area contributed by atoms with Gasteiger partial charge < -0.3 is 0 Å². The summed E-state index contributed by atoms with van der Waals surface area (Å²) in [5.41, 5.74) is 0. The van der Waals surface area contributed by atoms with Gasteiger partial charge in [0.05, 0.1) is 22.9 Å². The molecule has 0 amide bonds. The zero-order valence-electron chi connectivity index (χ0n) is 7.68. The smallest absolute Gasteiger partial charge is 0.140 e. The molecule has 0 saturated heterocycles. The van der Waals surface area contributed by atoms with Crippen molar-refractivity contribution in [2.75, 3.05) is 6.26 Å². The molecule has 0 rings (SSSR count). The van der Waals surface area contributed by atoms with E-state index in [1.165, 1.54) is 0 Å². The second kappa shape index (κ2) is 4.43. The van der Waals surface area contributed by atoms with Crippen molar-refractivity contribution in [3.05, 3.63) is 0 Å². The molecular formula is C8H12F2N2S. The molecule has 0 radical (unpaired) electrons. The number of nitriles is 2. The molecule has 0 heterocycles. The number of nitrogens with zero attached hydrogens (tertiary/aromatic N) is 2. The SMILES string of the molecule is CCC(C#N)(CCC#N)S(C)(F)F. The highest BCUT2D eigenvalue weighted by atomic mass is 32.3. The van der Waals surface area contributed by atoms with Crippen LogP contribution in [0.5, 0.6) is 0 Å². The molecule has 74 valence electrons. The second-order valence-electron chi connectivity index (χ2n) is 2.84. The van der Waals surface area contributed by atoms with Gasteiger partial charge in [0, 0.05) is 12.7 Å². The van der Waals surface area contributed by atoms with E-state index in [0.717, 1.165) is 6.26 Å². The van der Waals surface area contributed by atoms with Crippen LogP contribution in [0.4, 0.5) is 7.77 Å². The van der Waals surface area contributed by atoms with E-state index >= 15 is 0 Å². The molecule has 0 aliphatic carbocycles. The molecule has 1 unspecified atom stereocenters. The third kappa shape index (κ3) is 2.57. The largest absolute Gasteiger partial charge is 0.198 e. The third-order valence-electron chi connectivity index (χ3n) is 2.10. The van der Waals surface area contributed by atoms with Crippen LogP contribution in [-0.2, 0) is 0 Å². The predicted molar refractivity (Wildman–Crippen MR) is 49.2 cm³/mol. The first-order valence-corrected chi connectivity index (χ1v) is 5.73. The van der Waals surface area contributed by atoms with E-state index in [4.69, 9.17) is 10.5 Å². The molecule has 13 heavy (non-hydrogen) atoms. The topological polar surface area (TPSA) is 47.6 Å². The molecule has 0 N–H and O–H groups in total. The van der Waals surface area contributed by atoms with Crippen LogP contribution in [-0.4, -0.2) is 11.0 Å². The van der Waals surface area contributed by atoms with Gasteiger partial charge >= 0.3 is 0 Å². The summed E-state index contributed by atoms with van der Waals surface area (Å²) in [5, 5.41) is 17.0. The summed E-state index contributed by atoms with van der Waals surface area (Å²) in [5.74, 6) is 0. The normalized spacial score (nSPS) is 16.8. The lowest BCUT2D eigenvalue weighted by atomic mass is 10.0. The fraction of sp³-hybridized carbons (Fsp3) is 0.750. The lowest BCUT2D eigenvalue weighted by Gasteiger charge is -2.33. The summed E-state index contributed by atoms with van der Waals surface area (Å²) in [6.45, 7) is 1.56. The fourth-order valence-corrected chi connectivity index (χ4v) is 2.21. The minimum Gasteiger partial charge on any atom is -0.198 e. The van der Waals surface area contributed by atoms with Crippen molar-refractivity contribution in [3.8, 4) is 12.1 Å². The van der Waals surface area contributed by atoms with Gasteiger partial charge in [-0.25, -0.2) is 0 Å². The van der Waals surface area contributed by atoms with Gasteiger partial charge in [-0.15, -0.1) is 0 Å². The van der Waals surface area contributed by atoms with Gasteiger partial charge in [-0.2, -0.15) is 18.3 Å². The highest BCUT2D eigenvalue weighted by Gasteiger charge is 2.44. The zero-order chi connectivity index (χ0) is 10.5. The highest BCUT2D eigenvalue weighted by molar-refractivity contribution is 8.26. The van der Waals surface area contributed by atoms with E-state index in [0.29, 0.717) is 0 Å². The number of hydrogen-bond donors (Lipinski definition) is 0. The standard InChI is InChI=1S/C8H12F2N2S/c1-3-8(7-12,5-4-6-11)13(2,9)10/h3-5H2,1-2H3. The molecule has 0 bridgehead atoms. The van der Waals surface area contributed by atoms with E-state index in [1.807, 2.05) is 0 Å². The first kappa shape index (κ1) is 12.2. The maximum absolute atomic E-state index is 13.1. The van der Waals surface area contributed by atoms with Crippen LogP contribution in [0, 0.1) is 22.7 Å². The Balaban J connectivity index is 4.76. The van der Waals surface area contributed by atoms with Crippen LogP contribution in [0.3, 0.4) is 0 Å². The van der Waals surface area contributed by atoms with E-state index in [9.17, 15) is 7.77 Å². The Morgan fingerprint density at radius 1 is 1.38 bits per heavy atom. The molecule has 0 aromatic carbocycles. The zero-order valence-corrected chi connectivity index (χ0v) is 8.50. The van der Waals surface area contributed by atoms with Crippen LogP contribution < -0.4 is 0 Å². The van der Waals surface area contributed by atoms with Crippen molar-refractivity contribution in [3.63, 3.8) is 0 Å². The second-order valence-corrected chi connectivity index (χ2v) is 5.08. The Labute approximate surface area is 79.1 Å². The van der Waals surface area contributed by atoms with Crippen molar-refractivity contribution in [2.24, 2.45) is 0 Å². The maximum atomic E-state index is 13.1. The van der Waals surface area contributed by atoms with Crippen LogP contribution in [0.25, 0.3) is 0 Å². The minimum atomic E-state index is -3.91. The molecular weight excluding hydrogens is 194 g/mol. The van der Waals surface area contributed by atoms with Gasteiger partial charge in [-0.05, 0) is 12.8 Å². The summed E-state index contributed by atoms with van der Waals surface area (Å²) in [6, 6.07) is 3.47. The average molecular weight is 206 g/mol. The monoisotopic (exact) mass is 206 g/mol. The predicted octanol–water partition coefficient (Wildman–Crippen LogP) is 3.17. The van der Waals surface area contributed by atoms with E-state index in [-0.39, 0.29) is 19.3 Å². The van der Waals surface area contributed by atoms with Gasteiger partial charge in [0.1, 0.15) is 4.75 Å². The Morgan fingerprint density at radius 2 is 1.92 bits per heavy atom. The minimum absolute atomic E-state index is 0.0117. The Hall–Kier alpha value is -0.810. The van der Waals surface area contributed by atoms with Crippen molar-refractivity contribution < 1.29 is 7.77 Å². The lowest BCUT2D eigenvalue weighted by Crippen LogP contribution is -2.28. The molecule has 0 saturated carbocycles. The van der Waals surface area contributed by atoms with Crippen LogP contribution in [0.15, 0.2) is 0 Å². The van der Waals surface area contributed by atoms with Crippen molar-refractivity contribution in [1.29, 1.82) is 10.5 Å². The Bertz CT molecular complexity index is 248. The maximum Gasteiger partial charge on any atom is 0.140 e. The molecule has 1 atom stereocenters. The lowest BCUT2D eigenvalue weighted by molar-refractivity contribution is 0.574. The van der Waals surface area contributed by atoms with Crippen LogP contribution in [0.1, 0.15) is 26.2 Å². The summed E-state index contributed by atoms with van der Waals surface area (Å²) in [6.07, 6.45) is 0.897. The Morgan fingerprint density at radius 3 is 2.15 bits per heavy atom. The number of rotatable bonds is 4. The fourth-order valence-electron chi connectivity index (χ4n) is 1.08. The van der Waals surface area contributed by atoms with Crippen LogP contribution >= 0.6 is 10.8 Å². The molecule has 5 heteroatoms. The molecule has 2 nitrogen and oxygen atoms in total. The quantitative estimate of drug-likeness (QED) is 0.709. The van der Waals surface area contributed by atoms with Crippen molar-refractivity contribution >= 4 is 10.8 Å². The van der Waals surface area contributed by atoms with E-state index in [2.05, 4.69) is 0 Å². The molecule has 0 aliphatic rings. The van der Waals surface area contributed by atoms with Gasteiger partial charge in [0.25, 0.3) is 0 Å². The molecule has 0 aliphatic heterocycles. The molecule has 0 aromatic rings. The van der Waals surface area contributed by atoms with E-state index < -0.39 is 15.5 Å². The van der Waals surface area contributed by atoms with Gasteiger partial charge in [0.2, 0.25) is 0 Å². The van der Waals surface area contributed by atoms with Crippen LogP contribution in [0.2, 0.25) is 0 Å². The van der Waals surface area contributed by atoms with Crippen molar-refractivity contribution in [2.45, 2.75) is 30.9 Å². The summed E-state index contributed by atoms with van der Waals surface area (Å²) in [7, 11) is -3.91. The highest BCUT2D eigenvalue weighted by Crippen LogP contribution is 2.62. The third-order valence-corrected chi connectivity index (χ3v) is 4.06. The number of hydrogen-bond acceptors (Lipinski definition) is 2. The van der Waals surface area contributed by atoms with E-state index in [1.54, 1.807) is 19.1 Å². The van der Waals surface area contributed by atoms with Gasteiger partial charge in [-0.1, -0.05) is 6.92 Å². The summed E-state index contributed by atoms with van der Waals surface area (Å²) < 4.78 is 24.6. The summed E-state index contributed by atoms with van der Waals surface area (Å²) in [4.78, 5) is 0.